The van der Waals surface area contributed by atoms with Crippen molar-refractivity contribution in [1.29, 1.82) is 0 Å². The van der Waals surface area contributed by atoms with Crippen LogP contribution in [0.3, 0.4) is 0 Å². The molecule has 2 N–H and O–H groups in total. The van der Waals surface area contributed by atoms with E-state index in [0.717, 1.165) is 18.2 Å². The van der Waals surface area contributed by atoms with Crippen LogP contribution in [0.4, 0.5) is 0 Å². The van der Waals surface area contributed by atoms with Crippen LogP contribution in [0.5, 0.6) is 0 Å². The van der Waals surface area contributed by atoms with Gasteiger partial charge in [0.1, 0.15) is 0 Å². The molecule has 0 aliphatic heterocycles. The van der Waals surface area contributed by atoms with Crippen molar-refractivity contribution in [3.63, 3.8) is 0 Å². The second kappa shape index (κ2) is 5.49. The molecule has 0 saturated carbocycles. The molecule has 0 bridgehead atoms. The van der Waals surface area contributed by atoms with Crippen molar-refractivity contribution in [2.24, 2.45) is 0 Å². The summed E-state index contributed by atoms with van der Waals surface area (Å²) in [5, 5.41) is 17.4. The molecule has 0 aliphatic rings. The largest absolute Gasteiger partial charge is 1.00 e. The molecule has 0 aliphatic carbocycles. The van der Waals surface area contributed by atoms with E-state index >= 15 is 0 Å². The van der Waals surface area contributed by atoms with Crippen LogP contribution in [0.1, 0.15) is 39.4 Å². The van der Waals surface area contributed by atoms with Crippen LogP contribution in [0.2, 0.25) is 0 Å². The summed E-state index contributed by atoms with van der Waals surface area (Å²) < 4.78 is 0. The SMILES string of the molecule is CC(=O)c1cc(C(=O)O)ccc1C(=O)O.[H-].[Li+]. The van der Waals surface area contributed by atoms with Gasteiger partial charge in [0, 0.05) is 5.56 Å². The first-order valence-electron chi connectivity index (χ1n) is 4.05. The summed E-state index contributed by atoms with van der Waals surface area (Å²) in [6.45, 7) is 1.19. The molecule has 6 heteroatoms. The van der Waals surface area contributed by atoms with Crippen LogP contribution in [0.25, 0.3) is 0 Å². The molecule has 16 heavy (non-hydrogen) atoms. The smallest absolute Gasteiger partial charge is 1.00 e. The van der Waals surface area contributed by atoms with E-state index in [9.17, 15) is 14.4 Å². The minimum absolute atomic E-state index is 0. The summed E-state index contributed by atoms with van der Waals surface area (Å²) in [6.07, 6.45) is 0. The summed E-state index contributed by atoms with van der Waals surface area (Å²) in [5.74, 6) is -2.93. The predicted molar refractivity (Wildman–Crippen MR) is 51.5 cm³/mol. The fraction of sp³-hybridized carbons (Fsp3) is 0.100. The van der Waals surface area contributed by atoms with Crippen LogP contribution >= 0.6 is 0 Å². The van der Waals surface area contributed by atoms with Gasteiger partial charge in [0.25, 0.3) is 0 Å². The van der Waals surface area contributed by atoms with Crippen molar-refractivity contribution >= 4 is 17.7 Å². The Morgan fingerprint density at radius 3 is 2.00 bits per heavy atom. The third-order valence-corrected chi connectivity index (χ3v) is 1.88. The van der Waals surface area contributed by atoms with E-state index in [-0.39, 0.29) is 37.0 Å². The molecule has 0 saturated heterocycles. The number of carbonyl (C=O) groups is 3. The molecule has 0 fully saturated rings. The van der Waals surface area contributed by atoms with E-state index in [1.54, 1.807) is 0 Å². The van der Waals surface area contributed by atoms with Crippen molar-refractivity contribution in [2.75, 3.05) is 0 Å². The van der Waals surface area contributed by atoms with Gasteiger partial charge in [-0.25, -0.2) is 9.59 Å². The molecule has 0 heterocycles. The Balaban J connectivity index is 0. The first-order chi connectivity index (χ1) is 6.93. The monoisotopic (exact) mass is 216 g/mol. The molecule has 0 atom stereocenters. The molecular weight excluding hydrogens is 207 g/mol. The van der Waals surface area contributed by atoms with Crippen molar-refractivity contribution < 1.29 is 44.9 Å². The van der Waals surface area contributed by atoms with Gasteiger partial charge in [0.15, 0.2) is 5.78 Å². The minimum Gasteiger partial charge on any atom is -1.00 e. The number of hydrogen-bond acceptors (Lipinski definition) is 3. The van der Waals surface area contributed by atoms with Crippen LogP contribution in [0.15, 0.2) is 18.2 Å². The van der Waals surface area contributed by atoms with Crippen molar-refractivity contribution in [3.05, 3.63) is 34.9 Å². The molecule has 80 valence electrons. The van der Waals surface area contributed by atoms with Gasteiger partial charge in [-0.3, -0.25) is 4.79 Å². The maximum atomic E-state index is 11.1. The van der Waals surface area contributed by atoms with Gasteiger partial charge in [-0.2, -0.15) is 0 Å². The molecule has 1 aromatic rings. The molecular formula is C10H9LiO5. The van der Waals surface area contributed by atoms with E-state index in [0.29, 0.717) is 0 Å². The Morgan fingerprint density at radius 2 is 1.62 bits per heavy atom. The Kier molecular flexibility index (Phi) is 4.95. The van der Waals surface area contributed by atoms with Crippen LogP contribution in [0, 0.1) is 0 Å². The number of hydrogen-bond donors (Lipinski definition) is 2. The quantitative estimate of drug-likeness (QED) is 0.469. The second-order valence-corrected chi connectivity index (χ2v) is 2.93. The van der Waals surface area contributed by atoms with Gasteiger partial charge in [0.2, 0.25) is 0 Å². The Morgan fingerprint density at radius 1 is 1.06 bits per heavy atom. The van der Waals surface area contributed by atoms with E-state index in [1.165, 1.54) is 6.92 Å². The molecule has 0 radical (unpaired) electrons. The van der Waals surface area contributed by atoms with Gasteiger partial charge in [-0.05, 0) is 25.1 Å². The number of benzene rings is 1. The van der Waals surface area contributed by atoms with Crippen molar-refractivity contribution in [1.82, 2.24) is 0 Å². The second-order valence-electron chi connectivity index (χ2n) is 2.93. The first-order valence-corrected chi connectivity index (χ1v) is 4.05. The number of Topliss-reactive ketones (excluding diaryl/α,β-unsaturated/α-hetero) is 1. The van der Waals surface area contributed by atoms with Crippen LogP contribution < -0.4 is 18.9 Å². The van der Waals surface area contributed by atoms with E-state index < -0.39 is 17.7 Å². The summed E-state index contributed by atoms with van der Waals surface area (Å²) in [6, 6.07) is 3.33. The van der Waals surface area contributed by atoms with Gasteiger partial charge in [-0.15, -0.1) is 0 Å². The van der Waals surface area contributed by atoms with E-state index in [4.69, 9.17) is 10.2 Å². The molecule has 0 aromatic heterocycles. The van der Waals surface area contributed by atoms with Gasteiger partial charge >= 0.3 is 30.8 Å². The average molecular weight is 216 g/mol. The number of aromatic carboxylic acids is 2. The minimum atomic E-state index is -1.25. The molecule has 0 spiro atoms. The van der Waals surface area contributed by atoms with E-state index in [1.807, 2.05) is 0 Å². The predicted octanol–water partition coefficient (Wildman–Crippen LogP) is -1.60. The van der Waals surface area contributed by atoms with Gasteiger partial charge in [-0.1, -0.05) is 0 Å². The van der Waals surface area contributed by atoms with Crippen LogP contribution in [-0.4, -0.2) is 27.9 Å². The summed E-state index contributed by atoms with van der Waals surface area (Å²) in [5.41, 5.74) is -0.389. The fourth-order valence-corrected chi connectivity index (χ4v) is 1.16. The molecule has 1 rings (SSSR count). The van der Waals surface area contributed by atoms with E-state index in [2.05, 4.69) is 0 Å². The normalized spacial score (nSPS) is 9.06. The third-order valence-electron chi connectivity index (χ3n) is 1.88. The number of carbonyl (C=O) groups excluding carboxylic acids is 1. The number of ketones is 1. The summed E-state index contributed by atoms with van der Waals surface area (Å²) in [7, 11) is 0. The van der Waals surface area contributed by atoms with Crippen molar-refractivity contribution in [3.8, 4) is 0 Å². The maximum Gasteiger partial charge on any atom is 1.00 e. The summed E-state index contributed by atoms with van der Waals surface area (Å²) >= 11 is 0. The van der Waals surface area contributed by atoms with Gasteiger partial charge in [0.05, 0.1) is 11.1 Å². The molecule has 0 amide bonds. The molecule has 1 aromatic carbocycles. The Hall–Kier alpha value is -1.57. The zero-order chi connectivity index (χ0) is 11.6. The zero-order valence-corrected chi connectivity index (χ0v) is 8.85. The summed E-state index contributed by atoms with van der Waals surface area (Å²) in [4.78, 5) is 32.4. The van der Waals surface area contributed by atoms with Crippen molar-refractivity contribution in [2.45, 2.75) is 6.92 Å². The number of carboxylic acid groups (broad SMARTS) is 2. The van der Waals surface area contributed by atoms with Crippen LogP contribution in [-0.2, 0) is 0 Å². The number of carboxylic acids is 2. The third kappa shape index (κ3) is 2.96. The first kappa shape index (κ1) is 14.4. The number of rotatable bonds is 3. The maximum absolute atomic E-state index is 11.1. The standard InChI is InChI=1S/C10H8O5.Li.H/c1-5(11)8-4-6(9(12)13)2-3-7(8)10(14)15;;/h2-4H,1H3,(H,12,13)(H,14,15);;/q;+1;-1. The topological polar surface area (TPSA) is 91.7 Å². The fourth-order valence-electron chi connectivity index (χ4n) is 1.16. The Bertz CT molecular complexity index is 458. The average Bonchev–Trinajstić information content (AvgIpc) is 2.16. The zero-order valence-electron chi connectivity index (χ0n) is 9.85. The molecule has 5 nitrogen and oxygen atoms in total. The van der Waals surface area contributed by atoms with Gasteiger partial charge < -0.3 is 11.6 Å². The molecule has 0 unspecified atom stereocenters. The Labute approximate surface area is 105 Å².